The second kappa shape index (κ2) is 12.4. The van der Waals surface area contributed by atoms with Gasteiger partial charge in [-0.15, -0.1) is 10.2 Å². The predicted molar refractivity (Wildman–Crippen MR) is 158 cm³/mol. The molecule has 11 heteroatoms. The molecule has 3 heterocycles. The van der Waals surface area contributed by atoms with E-state index < -0.39 is 11.9 Å². The van der Waals surface area contributed by atoms with Gasteiger partial charge in [0.25, 0.3) is 5.56 Å². The molecule has 0 saturated heterocycles. The van der Waals surface area contributed by atoms with E-state index in [0.717, 1.165) is 47.3 Å². The number of nitrogens with zero attached hydrogens (tertiary/aromatic N) is 7. The number of nitrogens with one attached hydrogen (secondary N) is 1. The zero-order valence-electron chi connectivity index (χ0n) is 24.0. The molecule has 0 aliphatic carbocycles. The largest absolute Gasteiger partial charge is 0.361 e. The summed E-state index contributed by atoms with van der Waals surface area (Å²) < 4.78 is 10.3. The van der Waals surface area contributed by atoms with Crippen LogP contribution in [0.4, 0.5) is 0 Å². The van der Waals surface area contributed by atoms with E-state index in [1.807, 2.05) is 35.8 Å². The van der Waals surface area contributed by atoms with Gasteiger partial charge in [0.2, 0.25) is 5.82 Å². The molecule has 11 nitrogen and oxygen atoms in total. The molecule has 0 bridgehead atoms. The Kier molecular flexibility index (Phi) is 8.53. The third kappa shape index (κ3) is 5.49. The van der Waals surface area contributed by atoms with Crippen LogP contribution in [0.15, 0.2) is 58.1 Å². The Balaban J connectivity index is 1.60. The molecule has 1 unspecified atom stereocenters. The van der Waals surface area contributed by atoms with Crippen molar-refractivity contribution < 1.29 is 4.74 Å². The van der Waals surface area contributed by atoms with Crippen molar-refractivity contribution in [3.63, 3.8) is 0 Å². The number of aryl methyl sites for hydroxylation is 1. The van der Waals surface area contributed by atoms with Crippen molar-refractivity contribution in [3.8, 4) is 22.5 Å². The molecule has 5 aromatic rings. The highest BCUT2D eigenvalue weighted by Crippen LogP contribution is 2.30. The number of rotatable bonds is 12. The highest BCUT2D eigenvalue weighted by molar-refractivity contribution is 5.80. The second-order valence-corrected chi connectivity index (χ2v) is 10.2. The Labute approximate surface area is 237 Å². The van der Waals surface area contributed by atoms with Crippen LogP contribution in [0.25, 0.3) is 33.7 Å². The third-order valence-corrected chi connectivity index (χ3v) is 7.42. The maximum Gasteiger partial charge on any atom is 0.334 e. The summed E-state index contributed by atoms with van der Waals surface area (Å²) in [6.07, 6.45) is 3.87. The first-order chi connectivity index (χ1) is 20.0. The number of hydrogen-bond acceptors (Lipinski definition) is 7. The van der Waals surface area contributed by atoms with E-state index in [0.29, 0.717) is 42.9 Å². The lowest BCUT2D eigenvalue weighted by Gasteiger charge is -2.16. The number of unbranched alkanes of at least 4 members (excludes halogenated alkanes) is 2. The van der Waals surface area contributed by atoms with Gasteiger partial charge in [0.05, 0.1) is 0 Å². The smallest absolute Gasteiger partial charge is 0.334 e. The molecule has 0 radical (unpaired) electrons. The number of hydrogen-bond donors (Lipinski definition) is 1. The predicted octanol–water partition coefficient (Wildman–Crippen LogP) is 4.56. The van der Waals surface area contributed by atoms with Crippen LogP contribution in [0.2, 0.25) is 0 Å². The molecule has 41 heavy (non-hydrogen) atoms. The summed E-state index contributed by atoms with van der Waals surface area (Å²) in [6, 6.07) is 16.2. The first kappa shape index (κ1) is 28.2. The van der Waals surface area contributed by atoms with Crippen molar-refractivity contribution >= 4 is 11.2 Å². The number of tetrazole rings is 1. The molecule has 5 rings (SSSR count). The minimum absolute atomic E-state index is 0.314. The summed E-state index contributed by atoms with van der Waals surface area (Å²) >= 11 is 0. The minimum atomic E-state index is -0.570. The average Bonchev–Trinajstić information content (AvgIpc) is 3.65. The lowest BCUT2D eigenvalue weighted by molar-refractivity contribution is 0.0585. The van der Waals surface area contributed by atoms with Crippen LogP contribution in [0.1, 0.15) is 64.1 Å². The van der Waals surface area contributed by atoms with E-state index in [4.69, 9.17) is 9.72 Å². The molecule has 1 N–H and O–H groups in total. The molecule has 0 aliphatic heterocycles. The molecule has 0 spiro atoms. The van der Waals surface area contributed by atoms with Gasteiger partial charge in [-0.2, -0.15) is 5.21 Å². The first-order valence-corrected chi connectivity index (χ1v) is 14.2. The van der Waals surface area contributed by atoms with E-state index in [1.165, 1.54) is 9.13 Å². The lowest BCUT2D eigenvalue weighted by Crippen LogP contribution is -2.42. The van der Waals surface area contributed by atoms with Crippen LogP contribution >= 0.6 is 0 Å². The van der Waals surface area contributed by atoms with Gasteiger partial charge in [-0.3, -0.25) is 9.36 Å². The van der Waals surface area contributed by atoms with Crippen LogP contribution in [0.5, 0.6) is 0 Å². The monoisotopic (exact) mass is 556 g/mol. The highest BCUT2D eigenvalue weighted by Gasteiger charge is 2.24. The quantitative estimate of drug-likeness (QED) is 0.223. The van der Waals surface area contributed by atoms with Crippen molar-refractivity contribution in [2.75, 3.05) is 7.11 Å². The number of imidazole rings is 1. The topological polar surface area (TPSA) is 126 Å². The summed E-state index contributed by atoms with van der Waals surface area (Å²) in [7, 11) is 1.55. The highest BCUT2D eigenvalue weighted by atomic mass is 16.5. The molecule has 0 fully saturated rings. The molecule has 0 amide bonds. The fourth-order valence-electron chi connectivity index (χ4n) is 5.23. The van der Waals surface area contributed by atoms with Crippen LogP contribution in [-0.4, -0.2) is 46.4 Å². The number of aromatic nitrogens is 8. The van der Waals surface area contributed by atoms with E-state index >= 15 is 0 Å². The zero-order valence-corrected chi connectivity index (χ0v) is 24.0. The molecule has 214 valence electrons. The number of aromatic amines is 1. The van der Waals surface area contributed by atoms with Crippen molar-refractivity contribution in [3.05, 3.63) is 80.8 Å². The van der Waals surface area contributed by atoms with Gasteiger partial charge in [-0.25, -0.2) is 14.3 Å². The summed E-state index contributed by atoms with van der Waals surface area (Å²) in [6.45, 7) is 6.68. The second-order valence-electron chi connectivity index (χ2n) is 10.2. The SMILES string of the molecule is CCCCCc1nc2c(c(=O)n(CCC)c(=O)n2C(C)OC)n1Cc1ccc(-c2ccccc2-c2nn[nH]n2)cc1. The van der Waals surface area contributed by atoms with Crippen LogP contribution in [0, 0.1) is 0 Å². The number of H-pyrrole nitrogens is 1. The fraction of sp³-hybridized carbons (Fsp3) is 0.400. The molecule has 3 aromatic heterocycles. The van der Waals surface area contributed by atoms with Crippen molar-refractivity contribution in [1.82, 2.24) is 39.3 Å². The molecule has 2 aromatic carbocycles. The average molecular weight is 557 g/mol. The Bertz CT molecular complexity index is 1730. The van der Waals surface area contributed by atoms with Gasteiger partial charge in [0.1, 0.15) is 12.1 Å². The first-order valence-electron chi connectivity index (χ1n) is 14.2. The van der Waals surface area contributed by atoms with Crippen molar-refractivity contribution in [2.45, 2.75) is 72.2 Å². The number of ether oxygens (including phenoxy) is 1. The maximum atomic E-state index is 13.8. The van der Waals surface area contributed by atoms with Gasteiger partial charge >= 0.3 is 5.69 Å². The Hall–Kier alpha value is -4.38. The maximum absolute atomic E-state index is 13.8. The van der Waals surface area contributed by atoms with Gasteiger partial charge in [-0.1, -0.05) is 75.2 Å². The normalized spacial score (nSPS) is 12.3. The van der Waals surface area contributed by atoms with Gasteiger partial charge < -0.3 is 9.30 Å². The molecule has 0 saturated carbocycles. The van der Waals surface area contributed by atoms with Gasteiger partial charge in [0, 0.05) is 32.2 Å². The summed E-state index contributed by atoms with van der Waals surface area (Å²) in [5.74, 6) is 1.33. The molecule has 1 atom stereocenters. The van der Waals surface area contributed by atoms with Gasteiger partial charge in [0.15, 0.2) is 11.2 Å². The van der Waals surface area contributed by atoms with Crippen LogP contribution in [-0.2, 0) is 24.2 Å². The van der Waals surface area contributed by atoms with E-state index in [-0.39, 0.29) is 5.56 Å². The minimum Gasteiger partial charge on any atom is -0.361 e. The number of fused-ring (bicyclic) bond motifs is 1. The van der Waals surface area contributed by atoms with E-state index in [2.05, 4.69) is 51.8 Å². The fourth-order valence-corrected chi connectivity index (χ4v) is 5.23. The summed E-state index contributed by atoms with van der Waals surface area (Å²) in [4.78, 5) is 32.1. The Morgan fingerprint density at radius 3 is 2.37 bits per heavy atom. The van der Waals surface area contributed by atoms with Crippen LogP contribution in [0.3, 0.4) is 0 Å². The molecule has 0 aliphatic rings. The van der Waals surface area contributed by atoms with Crippen molar-refractivity contribution in [2.24, 2.45) is 0 Å². The Morgan fingerprint density at radius 2 is 1.71 bits per heavy atom. The van der Waals surface area contributed by atoms with Crippen LogP contribution < -0.4 is 11.2 Å². The van der Waals surface area contributed by atoms with E-state index in [1.54, 1.807) is 14.0 Å². The third-order valence-electron chi connectivity index (χ3n) is 7.42. The molecular weight excluding hydrogens is 520 g/mol. The molecular formula is C30H36N8O3. The Morgan fingerprint density at radius 1 is 0.951 bits per heavy atom. The number of methoxy groups -OCH3 is 1. The summed E-state index contributed by atoms with van der Waals surface area (Å²) in [5, 5.41) is 14.5. The van der Waals surface area contributed by atoms with E-state index in [9.17, 15) is 9.59 Å². The van der Waals surface area contributed by atoms with Crippen molar-refractivity contribution in [1.29, 1.82) is 0 Å². The zero-order chi connectivity index (χ0) is 28.9. The lowest BCUT2D eigenvalue weighted by atomic mass is 9.98. The van der Waals surface area contributed by atoms with Gasteiger partial charge in [-0.05, 0) is 41.7 Å². The summed E-state index contributed by atoms with van der Waals surface area (Å²) in [5.41, 5.74) is 4.00. The number of benzene rings is 2. The standard InChI is InChI=1S/C30H36N8O3/c1-5-7-8-13-25-31-28-26(29(39)36(18-6-2)30(40)38(28)20(3)41-4)37(25)19-21-14-16-22(17-15-21)23-11-9-10-12-24(23)27-32-34-35-33-27/h9-12,14-17,20H,5-8,13,18-19H2,1-4H3,(H,32,33,34,35).